The number of nitrogens with one attached hydrogen (secondary N) is 1. The number of ether oxygens (including phenoxy) is 1. The number of alkyl halides is 3. The van der Waals surface area contributed by atoms with Crippen molar-refractivity contribution in [1.29, 1.82) is 0 Å². The summed E-state index contributed by atoms with van der Waals surface area (Å²) in [6, 6.07) is 12.7. The molecule has 0 unspecified atom stereocenters. The minimum absolute atomic E-state index is 0.0717. The Kier molecular flexibility index (Phi) is 5.29. The van der Waals surface area contributed by atoms with Crippen molar-refractivity contribution in [2.75, 3.05) is 19.0 Å². The van der Waals surface area contributed by atoms with Gasteiger partial charge in [-0.2, -0.15) is 13.2 Å². The van der Waals surface area contributed by atoms with Crippen molar-refractivity contribution in [1.82, 2.24) is 4.98 Å². The van der Waals surface area contributed by atoms with Crippen molar-refractivity contribution < 1.29 is 27.4 Å². The quantitative estimate of drug-likeness (QED) is 0.502. The first-order valence-corrected chi connectivity index (χ1v) is 9.89. The molecule has 0 bridgehead atoms. The van der Waals surface area contributed by atoms with Crippen LogP contribution in [0.25, 0.3) is 10.9 Å². The third-order valence-corrected chi connectivity index (χ3v) is 5.97. The van der Waals surface area contributed by atoms with E-state index in [1.807, 2.05) is 0 Å². The van der Waals surface area contributed by atoms with Gasteiger partial charge in [-0.3, -0.25) is 4.98 Å². The second-order valence-corrected chi connectivity index (χ2v) is 8.04. The van der Waals surface area contributed by atoms with E-state index in [1.165, 1.54) is 19.2 Å². The van der Waals surface area contributed by atoms with E-state index >= 15 is 0 Å². The minimum Gasteiger partial charge on any atom is -0.493 e. The molecule has 1 fully saturated rings. The molecule has 3 aromatic rings. The van der Waals surface area contributed by atoms with Crippen molar-refractivity contribution in [2.24, 2.45) is 0 Å². The van der Waals surface area contributed by atoms with Gasteiger partial charge in [0.05, 0.1) is 19.2 Å². The lowest BCUT2D eigenvalue weighted by Gasteiger charge is -2.35. The van der Waals surface area contributed by atoms with Gasteiger partial charge in [0, 0.05) is 28.2 Å². The molecule has 1 atom stereocenters. The zero-order valence-corrected chi connectivity index (χ0v) is 16.8. The molecule has 1 heterocycles. The van der Waals surface area contributed by atoms with Gasteiger partial charge in [0.25, 0.3) is 0 Å². The molecule has 2 N–H and O–H groups in total. The lowest BCUT2D eigenvalue weighted by molar-refractivity contribution is -0.259. The van der Waals surface area contributed by atoms with Gasteiger partial charge < -0.3 is 15.2 Å². The summed E-state index contributed by atoms with van der Waals surface area (Å²) in [5, 5.41) is 14.2. The average molecular weight is 434 g/mol. The fraction of sp³-hybridized carbons (Fsp3) is 0.348. The van der Waals surface area contributed by atoms with E-state index < -0.39 is 36.0 Å². The smallest absolute Gasteiger partial charge is 0.418 e. The molecule has 1 saturated carbocycles. The second-order valence-electron chi connectivity index (χ2n) is 8.04. The van der Waals surface area contributed by atoms with Gasteiger partial charge in [-0.25, -0.2) is 4.39 Å². The number of para-hydroxylation sites is 1. The van der Waals surface area contributed by atoms with E-state index in [-0.39, 0.29) is 5.75 Å². The molecule has 8 heteroatoms. The molecule has 4 nitrogen and oxygen atoms in total. The number of methoxy groups -OCH3 is 1. The van der Waals surface area contributed by atoms with Crippen LogP contribution >= 0.6 is 0 Å². The summed E-state index contributed by atoms with van der Waals surface area (Å²) < 4.78 is 61.4. The van der Waals surface area contributed by atoms with E-state index in [0.717, 1.165) is 0 Å². The Hall–Kier alpha value is -2.87. The third kappa shape index (κ3) is 3.92. The highest BCUT2D eigenvalue weighted by Gasteiger charge is 2.61. The molecule has 2 aromatic carbocycles. The van der Waals surface area contributed by atoms with Gasteiger partial charge in [0.15, 0.2) is 17.2 Å². The summed E-state index contributed by atoms with van der Waals surface area (Å²) in [5.41, 5.74) is -2.59. The Labute approximate surface area is 176 Å². The highest BCUT2D eigenvalue weighted by atomic mass is 19.4. The van der Waals surface area contributed by atoms with E-state index in [1.54, 1.807) is 42.6 Å². The first-order chi connectivity index (χ1) is 14.7. The van der Waals surface area contributed by atoms with Crippen LogP contribution in [0, 0.1) is 5.82 Å². The summed E-state index contributed by atoms with van der Waals surface area (Å²) in [6.07, 6.45) is -3.08. The molecule has 4 rings (SSSR count). The molecule has 1 aliphatic carbocycles. The van der Waals surface area contributed by atoms with Crippen LogP contribution in [-0.4, -0.2) is 35.5 Å². The van der Waals surface area contributed by atoms with Crippen LogP contribution in [0.2, 0.25) is 0 Å². The fourth-order valence-corrected chi connectivity index (χ4v) is 4.15. The molecule has 31 heavy (non-hydrogen) atoms. The summed E-state index contributed by atoms with van der Waals surface area (Å²) in [5.74, 6) is -0.708. The molecule has 0 aliphatic heterocycles. The highest BCUT2D eigenvalue weighted by molar-refractivity contribution is 5.91. The second kappa shape index (κ2) is 7.67. The Morgan fingerprint density at radius 1 is 1.10 bits per heavy atom. The van der Waals surface area contributed by atoms with Gasteiger partial charge in [0.2, 0.25) is 0 Å². The number of aliphatic hydroxyl groups is 1. The Morgan fingerprint density at radius 2 is 1.84 bits per heavy atom. The van der Waals surface area contributed by atoms with Gasteiger partial charge in [-0.15, -0.1) is 0 Å². The number of fused-ring (bicyclic) bond motifs is 1. The Balaban J connectivity index is 1.64. The van der Waals surface area contributed by atoms with Crippen molar-refractivity contribution in [2.45, 2.75) is 36.5 Å². The summed E-state index contributed by atoms with van der Waals surface area (Å²) in [4.78, 5) is 4.20. The van der Waals surface area contributed by atoms with Crippen LogP contribution in [0.15, 0.2) is 54.7 Å². The van der Waals surface area contributed by atoms with Crippen LogP contribution in [0.5, 0.6) is 5.75 Å². The molecular formula is C23H22F4N2O2. The Morgan fingerprint density at radius 3 is 2.52 bits per heavy atom. The molecule has 0 radical (unpaired) electrons. The maximum absolute atomic E-state index is 14.2. The number of hydrogen-bond donors (Lipinski definition) is 2. The van der Waals surface area contributed by atoms with Crippen LogP contribution in [0.4, 0.5) is 23.2 Å². The topological polar surface area (TPSA) is 54.4 Å². The van der Waals surface area contributed by atoms with Crippen LogP contribution in [0.1, 0.15) is 24.8 Å². The number of pyridine rings is 1. The minimum atomic E-state index is -4.89. The normalized spacial score (nSPS) is 17.2. The zero-order chi connectivity index (χ0) is 22.3. The number of rotatable bonds is 7. The highest BCUT2D eigenvalue weighted by Crippen LogP contribution is 2.58. The monoisotopic (exact) mass is 434 g/mol. The van der Waals surface area contributed by atoms with Crippen molar-refractivity contribution in [3.05, 3.63) is 66.1 Å². The van der Waals surface area contributed by atoms with Gasteiger partial charge in [-0.05, 0) is 49.6 Å². The van der Waals surface area contributed by atoms with Crippen molar-refractivity contribution in [3.8, 4) is 5.75 Å². The molecular weight excluding hydrogens is 412 g/mol. The summed E-state index contributed by atoms with van der Waals surface area (Å²) in [6.45, 7) is -0.746. The summed E-state index contributed by atoms with van der Waals surface area (Å²) in [7, 11) is 1.28. The molecule has 0 amide bonds. The largest absolute Gasteiger partial charge is 0.493 e. The maximum atomic E-state index is 14.2. The SMILES string of the molecule is COc1c(F)cccc1C1(C[C@](O)(CNc2cccc3ncccc23)C(F)(F)F)CC1. The molecule has 1 aliphatic rings. The van der Waals surface area contributed by atoms with Gasteiger partial charge >= 0.3 is 6.18 Å². The van der Waals surface area contributed by atoms with E-state index in [0.29, 0.717) is 35.0 Å². The average Bonchev–Trinajstić information content (AvgIpc) is 3.51. The van der Waals surface area contributed by atoms with Crippen molar-refractivity contribution >= 4 is 16.6 Å². The predicted molar refractivity (Wildman–Crippen MR) is 110 cm³/mol. The number of hydrogen-bond acceptors (Lipinski definition) is 4. The molecule has 164 valence electrons. The maximum Gasteiger partial charge on any atom is 0.418 e. The standard InChI is InChI=1S/C23H22F4N2O2/c1-31-20-16(6-2-7-17(20)24)21(10-11-21)13-22(30,23(25,26)27)14-29-19-9-3-8-18-15(19)5-4-12-28-18/h2-9,12,29-30H,10-11,13-14H2,1H3/t22-/m0/s1. The number of anilines is 1. The van der Waals surface area contributed by atoms with Crippen LogP contribution in [-0.2, 0) is 5.41 Å². The van der Waals surface area contributed by atoms with E-state index in [4.69, 9.17) is 4.74 Å². The number of aromatic nitrogens is 1. The van der Waals surface area contributed by atoms with E-state index in [2.05, 4.69) is 10.3 Å². The predicted octanol–water partition coefficient (Wildman–Crippen LogP) is 5.21. The lowest BCUT2D eigenvalue weighted by Crippen LogP contribution is -2.52. The first-order valence-electron chi connectivity index (χ1n) is 9.89. The molecule has 0 saturated heterocycles. The Bertz CT molecular complexity index is 1090. The van der Waals surface area contributed by atoms with Gasteiger partial charge in [-0.1, -0.05) is 18.2 Å². The fourth-order valence-electron chi connectivity index (χ4n) is 4.15. The number of halogens is 4. The van der Waals surface area contributed by atoms with E-state index in [9.17, 15) is 22.7 Å². The van der Waals surface area contributed by atoms with Crippen molar-refractivity contribution in [3.63, 3.8) is 0 Å². The molecule has 0 spiro atoms. The third-order valence-electron chi connectivity index (χ3n) is 5.97. The number of nitrogens with zero attached hydrogens (tertiary/aromatic N) is 1. The zero-order valence-electron chi connectivity index (χ0n) is 16.8. The first kappa shape index (κ1) is 21.4. The van der Waals surface area contributed by atoms with Crippen LogP contribution in [0.3, 0.4) is 0 Å². The molecule has 1 aromatic heterocycles. The van der Waals surface area contributed by atoms with Crippen LogP contribution < -0.4 is 10.1 Å². The number of benzene rings is 2. The van der Waals surface area contributed by atoms with Gasteiger partial charge in [0.1, 0.15) is 0 Å². The lowest BCUT2D eigenvalue weighted by atomic mass is 9.82. The summed E-state index contributed by atoms with van der Waals surface area (Å²) >= 11 is 0.